The molecule has 0 aliphatic heterocycles. The van der Waals surface area contributed by atoms with Gasteiger partial charge in [-0.25, -0.2) is 8.42 Å². The Morgan fingerprint density at radius 3 is 2.46 bits per heavy atom. The van der Waals surface area contributed by atoms with Crippen LogP contribution >= 0.6 is 0 Å². The third kappa shape index (κ3) is 3.36. The minimum atomic E-state index is -3.43. The van der Waals surface area contributed by atoms with Crippen molar-refractivity contribution < 1.29 is 13.2 Å². The number of fused-ring (bicyclic) bond motifs is 1. The molecule has 0 bridgehead atoms. The number of primary amides is 1. The summed E-state index contributed by atoms with van der Waals surface area (Å²) in [6.45, 7) is 3.66. The first kappa shape index (κ1) is 17.8. The number of aryl methyl sites for hydroxylation is 2. The molecule has 3 aromatic rings. The van der Waals surface area contributed by atoms with Crippen LogP contribution in [-0.2, 0) is 9.84 Å². The lowest BCUT2D eigenvalue weighted by molar-refractivity contribution is 0.100. The molecule has 134 valence electrons. The highest BCUT2D eigenvalue weighted by Gasteiger charge is 2.18. The molecule has 1 aromatic carbocycles. The summed E-state index contributed by atoms with van der Waals surface area (Å²) in [6.07, 6.45) is 5.84. The van der Waals surface area contributed by atoms with Crippen LogP contribution in [0.5, 0.6) is 0 Å². The molecule has 0 fully saturated rings. The molecule has 0 radical (unpaired) electrons. The van der Waals surface area contributed by atoms with Gasteiger partial charge in [-0.3, -0.25) is 14.8 Å². The Labute approximate surface area is 151 Å². The molecule has 0 spiro atoms. The molecule has 0 aliphatic carbocycles. The molecular formula is C18H18N4O3S. The van der Waals surface area contributed by atoms with Crippen molar-refractivity contribution in [2.75, 3.05) is 11.6 Å². The highest BCUT2D eigenvalue weighted by atomic mass is 32.2. The van der Waals surface area contributed by atoms with Crippen molar-refractivity contribution >= 4 is 38.0 Å². The number of anilines is 2. The van der Waals surface area contributed by atoms with Gasteiger partial charge >= 0.3 is 0 Å². The molecule has 3 N–H and O–H groups in total. The Morgan fingerprint density at radius 2 is 1.85 bits per heavy atom. The summed E-state index contributed by atoms with van der Waals surface area (Å²) in [6, 6.07) is 4.92. The predicted octanol–water partition coefficient (Wildman–Crippen LogP) is 2.49. The molecule has 3 rings (SSSR count). The number of amides is 1. The number of carbonyl (C=O) groups excluding carboxylic acids is 1. The van der Waals surface area contributed by atoms with Gasteiger partial charge in [-0.2, -0.15) is 0 Å². The van der Waals surface area contributed by atoms with Crippen LogP contribution in [0.3, 0.4) is 0 Å². The zero-order valence-electron chi connectivity index (χ0n) is 14.6. The number of carbonyl (C=O) groups is 1. The first-order chi connectivity index (χ1) is 12.2. The van der Waals surface area contributed by atoms with Crippen molar-refractivity contribution in [3.05, 3.63) is 53.5 Å². The van der Waals surface area contributed by atoms with Crippen molar-refractivity contribution in [3.63, 3.8) is 0 Å². The normalized spacial score (nSPS) is 11.5. The van der Waals surface area contributed by atoms with Crippen molar-refractivity contribution in [1.82, 2.24) is 9.97 Å². The molecule has 26 heavy (non-hydrogen) atoms. The van der Waals surface area contributed by atoms with Gasteiger partial charge in [-0.05, 0) is 43.2 Å². The maximum absolute atomic E-state index is 12.0. The van der Waals surface area contributed by atoms with Crippen molar-refractivity contribution in [2.45, 2.75) is 18.7 Å². The third-order valence-electron chi connectivity index (χ3n) is 3.97. The van der Waals surface area contributed by atoms with Crippen molar-refractivity contribution in [1.29, 1.82) is 0 Å². The van der Waals surface area contributed by atoms with E-state index in [1.54, 1.807) is 25.4 Å². The van der Waals surface area contributed by atoms with Crippen molar-refractivity contribution in [2.24, 2.45) is 5.73 Å². The van der Waals surface area contributed by atoms with Gasteiger partial charge in [0.05, 0.1) is 33.5 Å². The molecule has 0 saturated heterocycles. The molecular weight excluding hydrogens is 352 g/mol. The molecule has 0 saturated carbocycles. The largest absolute Gasteiger partial charge is 0.365 e. The van der Waals surface area contributed by atoms with Crippen LogP contribution in [0.15, 0.2) is 41.7 Å². The van der Waals surface area contributed by atoms with E-state index >= 15 is 0 Å². The molecule has 2 aromatic heterocycles. The zero-order chi connectivity index (χ0) is 19.1. The minimum Gasteiger partial charge on any atom is -0.365 e. The van der Waals surface area contributed by atoms with Crippen LogP contribution in [0, 0.1) is 13.8 Å². The molecule has 0 aliphatic rings. The average Bonchev–Trinajstić information content (AvgIpc) is 2.54. The summed E-state index contributed by atoms with van der Waals surface area (Å²) < 4.78 is 24.0. The average molecular weight is 370 g/mol. The van der Waals surface area contributed by atoms with Gasteiger partial charge in [-0.1, -0.05) is 0 Å². The molecule has 2 heterocycles. The first-order valence-corrected chi connectivity index (χ1v) is 9.68. The van der Waals surface area contributed by atoms with Gasteiger partial charge in [-0.15, -0.1) is 0 Å². The second kappa shape index (κ2) is 6.38. The van der Waals surface area contributed by atoms with E-state index in [4.69, 9.17) is 5.73 Å². The number of aromatic nitrogens is 2. The van der Waals surface area contributed by atoms with E-state index < -0.39 is 15.7 Å². The van der Waals surface area contributed by atoms with Crippen LogP contribution in [-0.4, -0.2) is 30.5 Å². The van der Waals surface area contributed by atoms with Crippen LogP contribution in [0.1, 0.15) is 21.5 Å². The first-order valence-electron chi connectivity index (χ1n) is 7.78. The van der Waals surface area contributed by atoms with Crippen LogP contribution < -0.4 is 11.1 Å². The van der Waals surface area contributed by atoms with E-state index in [1.807, 2.05) is 13.0 Å². The van der Waals surface area contributed by atoms with Gasteiger partial charge < -0.3 is 11.1 Å². The summed E-state index contributed by atoms with van der Waals surface area (Å²) in [4.78, 5) is 20.5. The number of hydrogen-bond acceptors (Lipinski definition) is 6. The van der Waals surface area contributed by atoms with Crippen LogP contribution in [0.2, 0.25) is 0 Å². The number of hydrogen-bond donors (Lipinski definition) is 2. The summed E-state index contributed by atoms with van der Waals surface area (Å²) >= 11 is 0. The minimum absolute atomic E-state index is 0.149. The number of nitrogens with one attached hydrogen (secondary N) is 1. The highest BCUT2D eigenvalue weighted by molar-refractivity contribution is 7.90. The fourth-order valence-electron chi connectivity index (χ4n) is 2.75. The van der Waals surface area contributed by atoms with E-state index in [0.29, 0.717) is 27.8 Å². The van der Waals surface area contributed by atoms with Gasteiger partial charge in [0, 0.05) is 24.0 Å². The smallest absolute Gasteiger partial charge is 0.252 e. The fourth-order valence-corrected chi connectivity index (χ4v) is 3.47. The number of rotatable bonds is 4. The maximum atomic E-state index is 12.0. The number of nitrogens with zero attached hydrogens (tertiary/aromatic N) is 2. The number of sulfone groups is 1. The highest BCUT2D eigenvalue weighted by Crippen LogP contribution is 2.32. The zero-order valence-corrected chi connectivity index (χ0v) is 15.4. The van der Waals surface area contributed by atoms with E-state index in [0.717, 1.165) is 11.8 Å². The molecule has 8 heteroatoms. The molecule has 7 nitrogen and oxygen atoms in total. The maximum Gasteiger partial charge on any atom is 0.252 e. The predicted molar refractivity (Wildman–Crippen MR) is 100 cm³/mol. The Bertz CT molecular complexity index is 1140. The monoisotopic (exact) mass is 370 g/mol. The lowest BCUT2D eigenvalue weighted by Gasteiger charge is -2.15. The van der Waals surface area contributed by atoms with E-state index in [-0.39, 0.29) is 10.5 Å². The second-order valence-corrected chi connectivity index (χ2v) is 8.21. The third-order valence-corrected chi connectivity index (χ3v) is 5.07. The standard InChI is InChI=1S/C18H18N4O3S/c1-10-4-12(8-20-7-10)22-17-14-6-13(26(3,24)25)5-11(2)16(14)21-9-15(17)18(19)23/h4-9H,1-3H3,(H2,19,23)(H,21,22). The SMILES string of the molecule is Cc1cncc(Nc2c(C(N)=O)cnc3c(C)cc(S(C)(=O)=O)cc23)c1. The fraction of sp³-hybridized carbons (Fsp3) is 0.167. The molecule has 0 atom stereocenters. The second-order valence-electron chi connectivity index (χ2n) is 6.20. The van der Waals surface area contributed by atoms with Crippen LogP contribution in [0.4, 0.5) is 11.4 Å². The van der Waals surface area contributed by atoms with Crippen molar-refractivity contribution in [3.8, 4) is 0 Å². The van der Waals surface area contributed by atoms with Gasteiger partial charge in [0.2, 0.25) is 0 Å². The number of nitrogens with two attached hydrogens (primary N) is 1. The van der Waals surface area contributed by atoms with E-state index in [2.05, 4.69) is 15.3 Å². The van der Waals surface area contributed by atoms with Gasteiger partial charge in [0.25, 0.3) is 5.91 Å². The van der Waals surface area contributed by atoms with E-state index in [1.165, 1.54) is 12.3 Å². The van der Waals surface area contributed by atoms with Gasteiger partial charge in [0.1, 0.15) is 0 Å². The Kier molecular flexibility index (Phi) is 4.37. The lowest BCUT2D eigenvalue weighted by Crippen LogP contribution is -2.14. The quantitative estimate of drug-likeness (QED) is 0.729. The summed E-state index contributed by atoms with van der Waals surface area (Å²) in [7, 11) is -3.43. The Balaban J connectivity index is 2.34. The van der Waals surface area contributed by atoms with E-state index in [9.17, 15) is 13.2 Å². The number of pyridine rings is 2. The summed E-state index contributed by atoms with van der Waals surface area (Å²) in [5, 5.41) is 3.65. The number of benzene rings is 1. The lowest BCUT2D eigenvalue weighted by atomic mass is 10.1. The summed E-state index contributed by atoms with van der Waals surface area (Å²) in [5.74, 6) is -0.662. The topological polar surface area (TPSA) is 115 Å². The Hall–Kier alpha value is -3.00. The Morgan fingerprint density at radius 1 is 1.12 bits per heavy atom. The molecule has 1 amide bonds. The van der Waals surface area contributed by atoms with Crippen LogP contribution in [0.25, 0.3) is 10.9 Å². The summed E-state index contributed by atoms with van der Waals surface area (Å²) in [5.41, 5.74) is 8.94. The molecule has 0 unspecified atom stereocenters. The van der Waals surface area contributed by atoms with Gasteiger partial charge in [0.15, 0.2) is 9.84 Å².